The van der Waals surface area contributed by atoms with Gasteiger partial charge in [0.05, 0.1) is 11.4 Å². The molecule has 0 spiro atoms. The van der Waals surface area contributed by atoms with Gasteiger partial charge in [-0.2, -0.15) is 0 Å². The Hall–Kier alpha value is -1.72. The van der Waals surface area contributed by atoms with Gasteiger partial charge in [-0.15, -0.1) is 24.0 Å². The zero-order chi connectivity index (χ0) is 20.6. The third-order valence-corrected chi connectivity index (χ3v) is 5.66. The number of rotatable bonds is 8. The molecule has 0 saturated carbocycles. The lowest BCUT2D eigenvalue weighted by atomic mass is 10.2. The molecular weight excluding hydrogens is 506 g/mol. The van der Waals surface area contributed by atoms with Crippen LogP contribution in [0.4, 0.5) is 4.39 Å². The van der Waals surface area contributed by atoms with Gasteiger partial charge in [0.15, 0.2) is 5.96 Å². The van der Waals surface area contributed by atoms with E-state index in [2.05, 4.69) is 20.3 Å². The summed E-state index contributed by atoms with van der Waals surface area (Å²) in [6.45, 7) is 6.91. The molecule has 29 heavy (non-hydrogen) atoms. The van der Waals surface area contributed by atoms with Crippen LogP contribution in [0.1, 0.15) is 23.6 Å². The molecule has 6 nitrogen and oxygen atoms in total. The molecule has 0 heterocycles. The molecule has 0 aliphatic heterocycles. The SMILES string of the molecule is CCNC(=NCc1ccccc1F)NCCNS(=O)(=O)c1cc(C)ccc1C.I. The molecule has 0 atom stereocenters. The normalized spacial score (nSPS) is 11.7. The molecule has 0 radical (unpaired) electrons. The van der Waals surface area contributed by atoms with E-state index in [-0.39, 0.29) is 47.8 Å². The standard InChI is InChI=1S/C20H27FN4O2S.HI/c1-4-22-20(24-14-17-7-5-6-8-18(17)21)23-11-12-25-28(26,27)19-13-15(2)9-10-16(19)3;/h5-10,13,25H,4,11-12,14H2,1-3H3,(H2,22,23,24);1H. The van der Waals surface area contributed by atoms with Crippen molar-refractivity contribution in [2.75, 3.05) is 19.6 Å². The van der Waals surface area contributed by atoms with E-state index in [1.54, 1.807) is 37.3 Å². The largest absolute Gasteiger partial charge is 0.357 e. The molecule has 2 rings (SSSR count). The van der Waals surface area contributed by atoms with E-state index in [0.717, 1.165) is 5.56 Å². The average molecular weight is 534 g/mol. The first kappa shape index (κ1) is 25.3. The summed E-state index contributed by atoms with van der Waals surface area (Å²) < 4.78 is 41.3. The second-order valence-electron chi connectivity index (χ2n) is 6.38. The van der Waals surface area contributed by atoms with Crippen molar-refractivity contribution < 1.29 is 12.8 Å². The number of halogens is 2. The highest BCUT2D eigenvalue weighted by molar-refractivity contribution is 14.0. The second-order valence-corrected chi connectivity index (χ2v) is 8.12. The Morgan fingerprint density at radius 2 is 1.79 bits per heavy atom. The summed E-state index contributed by atoms with van der Waals surface area (Å²) in [5, 5.41) is 6.11. The number of guanidine groups is 1. The predicted octanol–water partition coefficient (Wildman–Crippen LogP) is 3.09. The third-order valence-electron chi connectivity index (χ3n) is 4.05. The Bertz CT molecular complexity index is 936. The molecule has 0 amide bonds. The highest BCUT2D eigenvalue weighted by Crippen LogP contribution is 2.16. The highest BCUT2D eigenvalue weighted by Gasteiger charge is 2.16. The molecule has 0 unspecified atom stereocenters. The van der Waals surface area contributed by atoms with Gasteiger partial charge in [0.1, 0.15) is 5.82 Å². The van der Waals surface area contributed by atoms with Gasteiger partial charge in [0, 0.05) is 25.2 Å². The van der Waals surface area contributed by atoms with Crippen molar-refractivity contribution >= 4 is 40.0 Å². The number of hydrogen-bond acceptors (Lipinski definition) is 3. The fraction of sp³-hybridized carbons (Fsp3) is 0.350. The monoisotopic (exact) mass is 534 g/mol. The minimum Gasteiger partial charge on any atom is -0.357 e. The second kappa shape index (κ2) is 12.1. The van der Waals surface area contributed by atoms with E-state index in [9.17, 15) is 12.8 Å². The lowest BCUT2D eigenvalue weighted by molar-refractivity contribution is 0.579. The van der Waals surface area contributed by atoms with Crippen LogP contribution in [0.2, 0.25) is 0 Å². The van der Waals surface area contributed by atoms with E-state index in [4.69, 9.17) is 0 Å². The number of aliphatic imine (C=N–C) groups is 1. The van der Waals surface area contributed by atoms with Gasteiger partial charge in [-0.25, -0.2) is 22.5 Å². The molecule has 3 N–H and O–H groups in total. The molecule has 0 bridgehead atoms. The quantitative estimate of drug-likeness (QED) is 0.211. The Kier molecular flexibility index (Phi) is 10.5. The van der Waals surface area contributed by atoms with Crippen LogP contribution in [0.25, 0.3) is 0 Å². The smallest absolute Gasteiger partial charge is 0.240 e. The van der Waals surface area contributed by atoms with E-state index in [0.29, 0.717) is 30.2 Å². The first-order chi connectivity index (χ1) is 13.3. The van der Waals surface area contributed by atoms with Crippen LogP contribution < -0.4 is 15.4 Å². The molecule has 0 saturated heterocycles. The van der Waals surface area contributed by atoms with Crippen LogP contribution in [0.3, 0.4) is 0 Å². The maximum absolute atomic E-state index is 13.7. The maximum atomic E-state index is 13.7. The molecule has 0 aromatic heterocycles. The molecule has 9 heteroatoms. The van der Waals surface area contributed by atoms with E-state index < -0.39 is 10.0 Å². The maximum Gasteiger partial charge on any atom is 0.240 e. The summed E-state index contributed by atoms with van der Waals surface area (Å²) in [5.41, 5.74) is 2.08. The van der Waals surface area contributed by atoms with Gasteiger partial charge in [-0.05, 0) is 44.0 Å². The van der Waals surface area contributed by atoms with Crippen molar-refractivity contribution in [2.24, 2.45) is 4.99 Å². The number of benzene rings is 2. The van der Waals surface area contributed by atoms with Crippen LogP contribution >= 0.6 is 24.0 Å². The van der Waals surface area contributed by atoms with Gasteiger partial charge in [0.25, 0.3) is 0 Å². The van der Waals surface area contributed by atoms with Gasteiger partial charge in [0.2, 0.25) is 10.0 Å². The fourth-order valence-electron chi connectivity index (χ4n) is 2.57. The highest BCUT2D eigenvalue weighted by atomic mass is 127. The van der Waals surface area contributed by atoms with Crippen LogP contribution in [0.5, 0.6) is 0 Å². The fourth-order valence-corrected chi connectivity index (χ4v) is 3.93. The van der Waals surface area contributed by atoms with Crippen LogP contribution in [0.15, 0.2) is 52.4 Å². The molecule has 2 aromatic carbocycles. The Morgan fingerprint density at radius 3 is 2.48 bits per heavy atom. The summed E-state index contributed by atoms with van der Waals surface area (Å²) in [6.07, 6.45) is 0. The molecule has 0 fully saturated rings. The summed E-state index contributed by atoms with van der Waals surface area (Å²) in [4.78, 5) is 4.62. The molecular formula is C20H28FIN4O2S. The summed E-state index contributed by atoms with van der Waals surface area (Å²) >= 11 is 0. The first-order valence-electron chi connectivity index (χ1n) is 9.16. The number of nitrogens with one attached hydrogen (secondary N) is 3. The zero-order valence-corrected chi connectivity index (χ0v) is 20.0. The van der Waals surface area contributed by atoms with Crippen molar-refractivity contribution in [3.8, 4) is 0 Å². The lowest BCUT2D eigenvalue weighted by Crippen LogP contribution is -2.41. The van der Waals surface area contributed by atoms with Crippen molar-refractivity contribution in [2.45, 2.75) is 32.2 Å². The van der Waals surface area contributed by atoms with Gasteiger partial charge < -0.3 is 10.6 Å². The number of aryl methyl sites for hydroxylation is 2. The number of hydrogen-bond donors (Lipinski definition) is 3. The molecule has 2 aromatic rings. The first-order valence-corrected chi connectivity index (χ1v) is 10.6. The minimum atomic E-state index is -3.58. The van der Waals surface area contributed by atoms with Crippen molar-refractivity contribution in [3.63, 3.8) is 0 Å². The van der Waals surface area contributed by atoms with Crippen molar-refractivity contribution in [1.29, 1.82) is 0 Å². The van der Waals surface area contributed by atoms with Gasteiger partial charge >= 0.3 is 0 Å². The topological polar surface area (TPSA) is 82.6 Å². The summed E-state index contributed by atoms with van der Waals surface area (Å²) in [7, 11) is -3.58. The zero-order valence-electron chi connectivity index (χ0n) is 16.8. The van der Waals surface area contributed by atoms with Crippen LogP contribution in [-0.4, -0.2) is 34.0 Å². The van der Waals surface area contributed by atoms with Gasteiger partial charge in [-0.3, -0.25) is 0 Å². The van der Waals surface area contributed by atoms with E-state index in [1.165, 1.54) is 6.07 Å². The molecule has 0 aliphatic rings. The molecule has 160 valence electrons. The Morgan fingerprint density at radius 1 is 1.07 bits per heavy atom. The van der Waals surface area contributed by atoms with Crippen molar-refractivity contribution in [1.82, 2.24) is 15.4 Å². The summed E-state index contributed by atoms with van der Waals surface area (Å²) in [5.74, 6) is 0.195. The van der Waals surface area contributed by atoms with Crippen LogP contribution in [0, 0.1) is 19.7 Å². The average Bonchev–Trinajstić information content (AvgIpc) is 2.66. The summed E-state index contributed by atoms with van der Waals surface area (Å²) in [6, 6.07) is 11.8. The van der Waals surface area contributed by atoms with Crippen molar-refractivity contribution in [3.05, 3.63) is 65.0 Å². The Balaban J connectivity index is 0.00000420. The van der Waals surface area contributed by atoms with Crippen LogP contribution in [-0.2, 0) is 16.6 Å². The predicted molar refractivity (Wildman–Crippen MR) is 126 cm³/mol. The molecule has 0 aliphatic carbocycles. The lowest BCUT2D eigenvalue weighted by Gasteiger charge is -2.13. The van der Waals surface area contributed by atoms with E-state index >= 15 is 0 Å². The number of nitrogens with zero attached hydrogens (tertiary/aromatic N) is 1. The minimum absolute atomic E-state index is 0. The van der Waals surface area contributed by atoms with E-state index in [1.807, 2.05) is 19.9 Å². The van der Waals surface area contributed by atoms with Gasteiger partial charge in [-0.1, -0.05) is 30.3 Å². The Labute approximate surface area is 189 Å². The third kappa shape index (κ3) is 7.90. The number of sulfonamides is 1.